The van der Waals surface area contributed by atoms with Crippen molar-refractivity contribution in [2.75, 3.05) is 18.4 Å². The van der Waals surface area contributed by atoms with Gasteiger partial charge >= 0.3 is 5.97 Å². The van der Waals surface area contributed by atoms with E-state index in [1.54, 1.807) is 32.0 Å². The number of phenolic OH excluding ortho intramolecular Hbond substituents is 3. The number of aliphatic carboxylic acids is 1. The molecule has 3 rings (SSSR count). The van der Waals surface area contributed by atoms with Crippen LogP contribution in [0.1, 0.15) is 44.1 Å². The summed E-state index contributed by atoms with van der Waals surface area (Å²) < 4.78 is 0. The summed E-state index contributed by atoms with van der Waals surface area (Å²) in [6, 6.07) is 8.80. The van der Waals surface area contributed by atoms with Gasteiger partial charge < -0.3 is 36.4 Å². The van der Waals surface area contributed by atoms with E-state index in [1.165, 1.54) is 0 Å². The molecule has 12 heteroatoms. The first-order chi connectivity index (χ1) is 18.0. The summed E-state index contributed by atoms with van der Waals surface area (Å²) in [7, 11) is 0. The van der Waals surface area contributed by atoms with E-state index in [-0.39, 0.29) is 28.4 Å². The van der Waals surface area contributed by atoms with Gasteiger partial charge in [-0.05, 0) is 56.5 Å². The first kappa shape index (κ1) is 27.7. The van der Waals surface area contributed by atoms with Crippen LogP contribution in [-0.4, -0.2) is 67.3 Å². The van der Waals surface area contributed by atoms with Crippen molar-refractivity contribution in [3.63, 3.8) is 0 Å². The number of carboxylic acids is 1. The fourth-order valence-electron chi connectivity index (χ4n) is 3.78. The highest BCUT2D eigenvalue weighted by Crippen LogP contribution is 2.20. The highest BCUT2D eigenvalue weighted by atomic mass is 16.4. The van der Waals surface area contributed by atoms with Gasteiger partial charge in [0, 0.05) is 24.7 Å². The number of anilines is 1. The number of rotatable bonds is 11. The molecule has 200 valence electrons. The minimum atomic E-state index is -1.47. The molecule has 1 aromatic heterocycles. The lowest BCUT2D eigenvalue weighted by molar-refractivity contribution is -0.139. The maximum atomic E-state index is 12.9. The van der Waals surface area contributed by atoms with Crippen LogP contribution in [0, 0.1) is 13.8 Å². The van der Waals surface area contributed by atoms with Crippen molar-refractivity contribution in [1.82, 2.24) is 20.6 Å². The normalized spacial score (nSPS) is 11.4. The van der Waals surface area contributed by atoms with E-state index in [0.717, 1.165) is 36.6 Å². The van der Waals surface area contributed by atoms with Crippen LogP contribution in [0.4, 0.5) is 5.95 Å². The largest absolute Gasteiger partial charge is 0.508 e. The molecule has 0 aliphatic rings. The first-order valence-corrected chi connectivity index (χ1v) is 11.8. The van der Waals surface area contributed by atoms with Crippen LogP contribution >= 0.6 is 0 Å². The Morgan fingerprint density at radius 2 is 1.55 bits per heavy atom. The predicted molar refractivity (Wildman–Crippen MR) is 137 cm³/mol. The Bertz CT molecular complexity index is 1300. The van der Waals surface area contributed by atoms with Gasteiger partial charge in [0.2, 0.25) is 5.95 Å². The van der Waals surface area contributed by atoms with Gasteiger partial charge in [-0.1, -0.05) is 12.1 Å². The van der Waals surface area contributed by atoms with Gasteiger partial charge in [-0.2, -0.15) is 0 Å². The van der Waals surface area contributed by atoms with Gasteiger partial charge in [-0.3, -0.25) is 9.59 Å². The lowest BCUT2D eigenvalue weighted by Crippen LogP contribution is -2.48. The van der Waals surface area contributed by atoms with E-state index in [0.29, 0.717) is 23.9 Å². The third-order valence-electron chi connectivity index (χ3n) is 5.57. The number of aryl methyl sites for hydroxylation is 3. The predicted octanol–water partition coefficient (Wildman–Crippen LogP) is 1.87. The molecule has 0 aliphatic heterocycles. The molecule has 1 atom stereocenters. The molecule has 2 aromatic carbocycles. The number of nitrogens with zero attached hydrogens (tertiary/aromatic N) is 2. The van der Waals surface area contributed by atoms with Crippen LogP contribution in [0.25, 0.3) is 0 Å². The molecule has 7 N–H and O–H groups in total. The van der Waals surface area contributed by atoms with Crippen molar-refractivity contribution in [2.45, 2.75) is 32.7 Å². The fraction of sp³-hybridized carbons (Fsp3) is 0.269. The third kappa shape index (κ3) is 7.56. The van der Waals surface area contributed by atoms with Crippen molar-refractivity contribution in [3.8, 4) is 17.2 Å². The summed E-state index contributed by atoms with van der Waals surface area (Å²) >= 11 is 0. The zero-order chi connectivity index (χ0) is 27.8. The molecule has 0 fully saturated rings. The lowest BCUT2D eigenvalue weighted by Gasteiger charge is -2.17. The van der Waals surface area contributed by atoms with Gasteiger partial charge in [0.15, 0.2) is 0 Å². The lowest BCUT2D eigenvalue weighted by atomic mass is 10.1. The van der Waals surface area contributed by atoms with Gasteiger partial charge in [0.1, 0.15) is 23.3 Å². The molecule has 38 heavy (non-hydrogen) atoms. The number of amides is 2. The summed E-state index contributed by atoms with van der Waals surface area (Å²) in [4.78, 5) is 45.5. The van der Waals surface area contributed by atoms with Gasteiger partial charge in [0.25, 0.3) is 11.8 Å². The number of carbonyl (C=O) groups excluding carboxylic acids is 2. The highest BCUT2D eigenvalue weighted by Gasteiger charge is 2.25. The van der Waals surface area contributed by atoms with E-state index in [4.69, 9.17) is 0 Å². The van der Waals surface area contributed by atoms with Crippen LogP contribution in [0.5, 0.6) is 17.2 Å². The third-order valence-corrected chi connectivity index (χ3v) is 5.57. The molecule has 0 aliphatic carbocycles. The van der Waals surface area contributed by atoms with Crippen LogP contribution in [0.2, 0.25) is 0 Å². The van der Waals surface area contributed by atoms with E-state index in [1.807, 2.05) is 6.07 Å². The molecule has 3 aromatic rings. The quantitative estimate of drug-likeness (QED) is 0.182. The summed E-state index contributed by atoms with van der Waals surface area (Å²) in [6.45, 7) is 3.31. The Hall–Kier alpha value is -4.87. The number of hydrogen-bond acceptors (Lipinski definition) is 9. The molecule has 1 heterocycles. The van der Waals surface area contributed by atoms with Crippen molar-refractivity contribution in [1.29, 1.82) is 0 Å². The molecule has 12 nitrogen and oxygen atoms in total. The second-order valence-corrected chi connectivity index (χ2v) is 8.61. The summed E-state index contributed by atoms with van der Waals surface area (Å²) in [5, 5.41) is 46.0. The Morgan fingerprint density at radius 1 is 0.895 bits per heavy atom. The average molecular weight is 524 g/mol. The molecule has 0 saturated heterocycles. The van der Waals surface area contributed by atoms with Crippen molar-refractivity contribution < 1.29 is 34.8 Å². The number of phenols is 3. The molecule has 0 saturated carbocycles. The van der Waals surface area contributed by atoms with Crippen molar-refractivity contribution >= 4 is 23.7 Å². The Morgan fingerprint density at radius 3 is 2.16 bits per heavy atom. The van der Waals surface area contributed by atoms with Crippen molar-refractivity contribution in [2.24, 2.45) is 0 Å². The summed E-state index contributed by atoms with van der Waals surface area (Å²) in [5.41, 5.74) is 1.72. The topological polar surface area (TPSA) is 194 Å². The monoisotopic (exact) mass is 523 g/mol. The molecule has 0 spiro atoms. The number of benzene rings is 2. The SMILES string of the molecule is Cc1nc(NCCCc2cccc(O)c2)nc(C)c1C(=O)NC(CNC(=O)c1cc(O)cc(O)c1)C(=O)O. The molecule has 0 bridgehead atoms. The van der Waals surface area contributed by atoms with Crippen LogP contribution in [0.15, 0.2) is 42.5 Å². The van der Waals surface area contributed by atoms with E-state index in [9.17, 15) is 34.8 Å². The number of nitrogens with one attached hydrogen (secondary N) is 3. The molecular weight excluding hydrogens is 494 g/mol. The number of hydrogen-bond donors (Lipinski definition) is 7. The fourth-order valence-corrected chi connectivity index (χ4v) is 3.78. The average Bonchev–Trinajstić information content (AvgIpc) is 2.83. The second-order valence-electron chi connectivity index (χ2n) is 8.61. The minimum Gasteiger partial charge on any atom is -0.508 e. The number of aromatic nitrogens is 2. The molecule has 2 amide bonds. The Balaban J connectivity index is 1.59. The van der Waals surface area contributed by atoms with Crippen LogP contribution in [-0.2, 0) is 11.2 Å². The van der Waals surface area contributed by atoms with Crippen LogP contribution in [0.3, 0.4) is 0 Å². The molecule has 1 unspecified atom stereocenters. The summed E-state index contributed by atoms with van der Waals surface area (Å²) in [6.07, 6.45) is 1.49. The maximum absolute atomic E-state index is 12.9. The number of carbonyl (C=O) groups is 3. The highest BCUT2D eigenvalue weighted by molar-refractivity contribution is 5.99. The number of aromatic hydroxyl groups is 3. The Kier molecular flexibility index (Phi) is 9.04. The summed E-state index contributed by atoms with van der Waals surface area (Å²) in [5.74, 6) is -2.97. The zero-order valence-corrected chi connectivity index (χ0v) is 20.9. The zero-order valence-electron chi connectivity index (χ0n) is 20.9. The van der Waals surface area contributed by atoms with Crippen LogP contribution < -0.4 is 16.0 Å². The van der Waals surface area contributed by atoms with Crippen molar-refractivity contribution in [3.05, 3.63) is 70.5 Å². The van der Waals surface area contributed by atoms with Gasteiger partial charge in [-0.25, -0.2) is 14.8 Å². The smallest absolute Gasteiger partial charge is 0.328 e. The Labute approximate surface area is 218 Å². The first-order valence-electron chi connectivity index (χ1n) is 11.8. The number of carboxylic acid groups (broad SMARTS) is 1. The minimum absolute atomic E-state index is 0.0805. The van der Waals surface area contributed by atoms with Gasteiger partial charge in [0.05, 0.1) is 17.0 Å². The standard InChI is InChI=1S/C26H29N5O7/c1-14-22(15(2)30-26(29-14)27-8-4-6-16-5-3-7-18(32)9-16)24(36)31-21(25(37)38)13-28-23(35)17-10-19(33)12-20(34)11-17/h3,5,7,9-12,21,32-34H,4,6,8,13H2,1-2H3,(H,28,35)(H,31,36)(H,37,38)(H,27,29,30). The van der Waals surface area contributed by atoms with E-state index < -0.39 is 30.4 Å². The van der Waals surface area contributed by atoms with E-state index >= 15 is 0 Å². The second kappa shape index (κ2) is 12.4. The van der Waals surface area contributed by atoms with Gasteiger partial charge in [-0.15, -0.1) is 0 Å². The maximum Gasteiger partial charge on any atom is 0.328 e. The van der Waals surface area contributed by atoms with E-state index in [2.05, 4.69) is 25.9 Å². The molecule has 0 radical (unpaired) electrons. The molecular formula is C26H29N5O7.